The van der Waals surface area contributed by atoms with E-state index < -0.39 is 0 Å². The highest BCUT2D eigenvalue weighted by molar-refractivity contribution is 7.09. The topological polar surface area (TPSA) is 42.0 Å². The predicted molar refractivity (Wildman–Crippen MR) is 92.4 cm³/mol. The van der Waals surface area contributed by atoms with Crippen LogP contribution in [0, 0.1) is 6.92 Å². The molecule has 0 saturated heterocycles. The van der Waals surface area contributed by atoms with Gasteiger partial charge in [-0.15, -0.1) is 11.3 Å². The van der Waals surface area contributed by atoms with Gasteiger partial charge in [0.05, 0.1) is 17.1 Å². The second kappa shape index (κ2) is 7.05. The third-order valence-electron chi connectivity index (χ3n) is 3.56. The average molecular weight is 316 g/mol. The largest absolute Gasteiger partial charge is 0.355 e. The first-order valence-corrected chi connectivity index (χ1v) is 8.50. The average Bonchev–Trinajstić information content (AvgIpc) is 2.83. The molecule has 2 rings (SSSR count). The Morgan fingerprint density at radius 2 is 1.91 bits per heavy atom. The maximum absolute atomic E-state index is 11.9. The van der Waals surface area contributed by atoms with E-state index in [1.54, 1.807) is 11.3 Å². The Balaban J connectivity index is 1.77. The highest BCUT2D eigenvalue weighted by Gasteiger charge is 2.12. The molecule has 118 valence electrons. The first-order chi connectivity index (χ1) is 10.3. The van der Waals surface area contributed by atoms with Crippen molar-refractivity contribution in [1.82, 2.24) is 10.3 Å². The van der Waals surface area contributed by atoms with E-state index in [2.05, 4.69) is 55.3 Å². The van der Waals surface area contributed by atoms with E-state index >= 15 is 0 Å². The van der Waals surface area contributed by atoms with Crippen molar-refractivity contribution in [3.8, 4) is 0 Å². The lowest BCUT2D eigenvalue weighted by Crippen LogP contribution is -2.27. The van der Waals surface area contributed by atoms with Crippen LogP contribution >= 0.6 is 11.3 Å². The lowest BCUT2D eigenvalue weighted by atomic mass is 9.86. The van der Waals surface area contributed by atoms with E-state index in [4.69, 9.17) is 0 Å². The van der Waals surface area contributed by atoms with E-state index in [-0.39, 0.29) is 11.3 Å². The van der Waals surface area contributed by atoms with Crippen LogP contribution in [0.5, 0.6) is 0 Å². The zero-order valence-corrected chi connectivity index (χ0v) is 14.6. The van der Waals surface area contributed by atoms with Gasteiger partial charge in [0, 0.05) is 11.9 Å². The molecule has 3 nitrogen and oxygen atoms in total. The summed E-state index contributed by atoms with van der Waals surface area (Å²) in [6, 6.07) is 8.65. The van der Waals surface area contributed by atoms with Gasteiger partial charge >= 0.3 is 0 Å². The van der Waals surface area contributed by atoms with Crippen LogP contribution in [0.15, 0.2) is 29.6 Å². The van der Waals surface area contributed by atoms with Crippen LogP contribution in [-0.4, -0.2) is 17.4 Å². The first kappa shape index (κ1) is 16.7. The molecule has 0 atom stereocenters. The van der Waals surface area contributed by atoms with Crippen molar-refractivity contribution in [3.63, 3.8) is 0 Å². The Morgan fingerprint density at radius 3 is 2.45 bits per heavy atom. The SMILES string of the molecule is Cc1nc(CC(=O)NCCc2ccc(C(C)(C)C)cc2)cs1. The summed E-state index contributed by atoms with van der Waals surface area (Å²) >= 11 is 1.58. The summed E-state index contributed by atoms with van der Waals surface area (Å²) in [5.74, 6) is 0.0385. The van der Waals surface area contributed by atoms with Crippen LogP contribution in [0.1, 0.15) is 42.6 Å². The van der Waals surface area contributed by atoms with E-state index in [1.165, 1.54) is 11.1 Å². The molecule has 1 aromatic carbocycles. The second-order valence-electron chi connectivity index (χ2n) is 6.58. The lowest BCUT2D eigenvalue weighted by molar-refractivity contribution is -0.120. The van der Waals surface area contributed by atoms with E-state index in [9.17, 15) is 4.79 Å². The fourth-order valence-electron chi connectivity index (χ4n) is 2.23. The lowest BCUT2D eigenvalue weighted by Gasteiger charge is -2.19. The van der Waals surface area contributed by atoms with Crippen molar-refractivity contribution in [2.75, 3.05) is 6.54 Å². The number of rotatable bonds is 5. The molecule has 0 spiro atoms. The fraction of sp³-hybridized carbons (Fsp3) is 0.444. The first-order valence-electron chi connectivity index (χ1n) is 7.62. The summed E-state index contributed by atoms with van der Waals surface area (Å²) < 4.78 is 0. The van der Waals surface area contributed by atoms with Gasteiger partial charge in [-0.05, 0) is 29.9 Å². The summed E-state index contributed by atoms with van der Waals surface area (Å²) in [6.45, 7) is 9.25. The molecule has 0 aliphatic heterocycles. The minimum atomic E-state index is 0.0385. The highest BCUT2D eigenvalue weighted by Crippen LogP contribution is 2.22. The minimum Gasteiger partial charge on any atom is -0.355 e. The van der Waals surface area contributed by atoms with Crippen molar-refractivity contribution in [2.24, 2.45) is 0 Å². The Morgan fingerprint density at radius 1 is 1.23 bits per heavy atom. The summed E-state index contributed by atoms with van der Waals surface area (Å²) in [6.07, 6.45) is 1.22. The minimum absolute atomic E-state index is 0.0385. The quantitative estimate of drug-likeness (QED) is 0.915. The van der Waals surface area contributed by atoms with E-state index in [0.717, 1.165) is 17.1 Å². The zero-order chi connectivity index (χ0) is 16.2. The molecule has 0 saturated carbocycles. The van der Waals surface area contributed by atoms with Crippen molar-refractivity contribution in [1.29, 1.82) is 0 Å². The number of carbonyl (C=O) groups is 1. The number of aryl methyl sites for hydroxylation is 1. The predicted octanol–water partition coefficient (Wildman–Crippen LogP) is 3.65. The van der Waals surface area contributed by atoms with Gasteiger partial charge in [-0.2, -0.15) is 0 Å². The van der Waals surface area contributed by atoms with Gasteiger partial charge in [0.1, 0.15) is 0 Å². The molecule has 0 aliphatic carbocycles. The summed E-state index contributed by atoms with van der Waals surface area (Å²) in [4.78, 5) is 16.2. The standard InChI is InChI=1S/C18H24N2OS/c1-13-20-16(12-22-13)11-17(21)19-10-9-14-5-7-15(8-6-14)18(2,3)4/h5-8,12H,9-11H2,1-4H3,(H,19,21). The number of aromatic nitrogens is 1. The number of nitrogens with zero attached hydrogens (tertiary/aromatic N) is 1. The van der Waals surface area contributed by atoms with Gasteiger partial charge in [-0.25, -0.2) is 4.98 Å². The highest BCUT2D eigenvalue weighted by atomic mass is 32.1. The summed E-state index contributed by atoms with van der Waals surface area (Å²) in [5, 5.41) is 5.91. The maximum Gasteiger partial charge on any atom is 0.226 e. The third kappa shape index (κ3) is 4.95. The molecule has 4 heteroatoms. The van der Waals surface area contributed by atoms with E-state index in [0.29, 0.717) is 13.0 Å². The molecule has 2 aromatic rings. The number of hydrogen-bond donors (Lipinski definition) is 1. The molecule has 1 amide bonds. The molecule has 1 aromatic heterocycles. The fourth-order valence-corrected chi connectivity index (χ4v) is 2.85. The van der Waals surface area contributed by atoms with Crippen LogP contribution in [0.25, 0.3) is 0 Å². The van der Waals surface area contributed by atoms with Gasteiger partial charge in [0.15, 0.2) is 0 Å². The van der Waals surface area contributed by atoms with Crippen LogP contribution in [0.3, 0.4) is 0 Å². The van der Waals surface area contributed by atoms with Crippen LogP contribution in [0.2, 0.25) is 0 Å². The van der Waals surface area contributed by atoms with Crippen molar-refractivity contribution < 1.29 is 4.79 Å². The molecule has 0 unspecified atom stereocenters. The molecule has 22 heavy (non-hydrogen) atoms. The van der Waals surface area contributed by atoms with Crippen LogP contribution in [-0.2, 0) is 23.1 Å². The number of nitrogens with one attached hydrogen (secondary N) is 1. The van der Waals surface area contributed by atoms with Gasteiger partial charge < -0.3 is 5.32 Å². The number of carbonyl (C=O) groups excluding carboxylic acids is 1. The molecule has 1 N–H and O–H groups in total. The van der Waals surface area contributed by atoms with Crippen LogP contribution < -0.4 is 5.32 Å². The molecular weight excluding hydrogens is 292 g/mol. The molecule has 0 fully saturated rings. The summed E-state index contributed by atoms with van der Waals surface area (Å²) in [5.41, 5.74) is 3.62. The number of thiazole rings is 1. The second-order valence-corrected chi connectivity index (χ2v) is 7.64. The van der Waals surface area contributed by atoms with Crippen molar-refractivity contribution in [3.05, 3.63) is 51.5 Å². The van der Waals surface area contributed by atoms with Gasteiger partial charge in [-0.1, -0.05) is 45.0 Å². The van der Waals surface area contributed by atoms with Gasteiger partial charge in [-0.3, -0.25) is 4.79 Å². The molecule has 0 radical (unpaired) electrons. The zero-order valence-electron chi connectivity index (χ0n) is 13.8. The smallest absolute Gasteiger partial charge is 0.226 e. The number of amides is 1. The molecule has 0 aliphatic rings. The third-order valence-corrected chi connectivity index (χ3v) is 4.39. The number of hydrogen-bond acceptors (Lipinski definition) is 3. The van der Waals surface area contributed by atoms with Crippen molar-refractivity contribution >= 4 is 17.2 Å². The Bertz CT molecular complexity index is 623. The van der Waals surface area contributed by atoms with Crippen LogP contribution in [0.4, 0.5) is 0 Å². The summed E-state index contributed by atoms with van der Waals surface area (Å²) in [7, 11) is 0. The molecule has 1 heterocycles. The van der Waals surface area contributed by atoms with E-state index in [1.807, 2.05) is 12.3 Å². The monoisotopic (exact) mass is 316 g/mol. The van der Waals surface area contributed by atoms with Gasteiger partial charge in [0.2, 0.25) is 5.91 Å². The Labute approximate surface area is 136 Å². The molecular formula is C18H24N2OS. The normalized spacial score (nSPS) is 11.5. The molecule has 0 bridgehead atoms. The maximum atomic E-state index is 11.9. The Hall–Kier alpha value is -1.68. The van der Waals surface area contributed by atoms with Gasteiger partial charge in [0.25, 0.3) is 0 Å². The van der Waals surface area contributed by atoms with Crippen molar-refractivity contribution in [2.45, 2.75) is 46.0 Å². The number of benzene rings is 1. The Kier molecular flexibility index (Phi) is 5.35.